The summed E-state index contributed by atoms with van der Waals surface area (Å²) < 4.78 is 3.66. The first-order valence-corrected chi connectivity index (χ1v) is 7.29. The average molecular weight is 242 g/mol. The molecule has 0 fully saturated rings. The molecular formula is C6H3O3Sn. The van der Waals surface area contributed by atoms with Crippen molar-refractivity contribution in [1.29, 1.82) is 0 Å². The van der Waals surface area contributed by atoms with E-state index in [2.05, 4.69) is 0 Å². The molecule has 0 aliphatic rings. The van der Waals surface area contributed by atoms with Gasteiger partial charge in [0.05, 0.1) is 0 Å². The zero-order valence-corrected chi connectivity index (χ0v) is 7.81. The van der Waals surface area contributed by atoms with Gasteiger partial charge in [0, 0.05) is 0 Å². The summed E-state index contributed by atoms with van der Waals surface area (Å²) in [6.45, 7) is 0. The van der Waals surface area contributed by atoms with Crippen LogP contribution in [-0.4, -0.2) is 37.6 Å². The van der Waals surface area contributed by atoms with Crippen LogP contribution in [0.3, 0.4) is 0 Å². The van der Waals surface area contributed by atoms with Gasteiger partial charge in [-0.15, -0.1) is 0 Å². The van der Waals surface area contributed by atoms with Crippen LogP contribution in [0.15, 0.2) is 12.3 Å². The van der Waals surface area contributed by atoms with Crippen LogP contribution in [0, 0.1) is 0 Å². The molecule has 0 N–H and O–H groups in total. The van der Waals surface area contributed by atoms with Crippen molar-refractivity contribution in [2.24, 2.45) is 0 Å². The molecule has 0 spiro atoms. The van der Waals surface area contributed by atoms with Crippen LogP contribution < -0.4 is 0 Å². The van der Waals surface area contributed by atoms with E-state index in [4.69, 9.17) is 0 Å². The molecule has 3 nitrogen and oxygen atoms in total. The van der Waals surface area contributed by atoms with Gasteiger partial charge in [-0.3, -0.25) is 0 Å². The van der Waals surface area contributed by atoms with E-state index in [0.717, 1.165) is 0 Å². The number of hydrogen-bond donors (Lipinski definition) is 0. The molecule has 49 valence electrons. The molecule has 0 aliphatic carbocycles. The van der Waals surface area contributed by atoms with Crippen molar-refractivity contribution in [3.63, 3.8) is 0 Å². The maximum atomic E-state index is 9.73. The number of carbonyl (C=O) groups excluding carboxylic acids is 3. The molecule has 10 heavy (non-hydrogen) atoms. The van der Waals surface area contributed by atoms with E-state index >= 15 is 0 Å². The predicted octanol–water partition coefficient (Wildman–Crippen LogP) is -0.738. The van der Waals surface area contributed by atoms with E-state index in [1.807, 2.05) is 0 Å². The Balaban J connectivity index is 4.39. The molecule has 0 rings (SSSR count). The summed E-state index contributed by atoms with van der Waals surface area (Å²) in [5.41, 5.74) is 0. The van der Waals surface area contributed by atoms with Gasteiger partial charge in [-0.25, -0.2) is 0 Å². The van der Waals surface area contributed by atoms with Gasteiger partial charge in [0.15, 0.2) is 0 Å². The van der Waals surface area contributed by atoms with Gasteiger partial charge in [0.1, 0.15) is 0 Å². The number of hydrogen-bond acceptors (Lipinski definition) is 3. The summed E-state index contributed by atoms with van der Waals surface area (Å²) in [5, 5.41) is 0. The molecule has 0 aromatic heterocycles. The SMILES string of the molecule is O=C=[CH][Sn]([CH]=C=O)[CH]=C=O. The van der Waals surface area contributed by atoms with Gasteiger partial charge in [0.25, 0.3) is 0 Å². The van der Waals surface area contributed by atoms with Crippen molar-refractivity contribution in [3.8, 4) is 0 Å². The molecular weight excluding hydrogens is 239 g/mol. The maximum absolute atomic E-state index is 9.73. The van der Waals surface area contributed by atoms with Crippen molar-refractivity contribution in [3.05, 3.63) is 12.3 Å². The summed E-state index contributed by atoms with van der Waals surface area (Å²) in [4.78, 5) is 29.2. The molecule has 1 radical (unpaired) electrons. The summed E-state index contributed by atoms with van der Waals surface area (Å²) >= 11 is -2.40. The topological polar surface area (TPSA) is 51.2 Å². The van der Waals surface area contributed by atoms with Gasteiger partial charge in [-0.2, -0.15) is 0 Å². The third-order valence-electron chi connectivity index (χ3n) is 0.677. The fraction of sp³-hybridized carbons (Fsp3) is 0. The first-order chi connectivity index (χ1) is 4.85. The van der Waals surface area contributed by atoms with E-state index < -0.39 is 19.8 Å². The molecule has 0 atom stereocenters. The van der Waals surface area contributed by atoms with E-state index in [0.29, 0.717) is 0 Å². The number of rotatable bonds is 3. The van der Waals surface area contributed by atoms with Gasteiger partial charge < -0.3 is 0 Å². The van der Waals surface area contributed by atoms with Crippen molar-refractivity contribution in [2.45, 2.75) is 0 Å². The molecule has 0 saturated heterocycles. The van der Waals surface area contributed by atoms with Gasteiger partial charge in [-0.1, -0.05) is 0 Å². The quantitative estimate of drug-likeness (QED) is 0.483. The first-order valence-electron chi connectivity index (χ1n) is 2.34. The molecule has 0 aromatic rings. The average Bonchev–Trinajstić information content (AvgIpc) is 1.90. The van der Waals surface area contributed by atoms with Crippen molar-refractivity contribution >= 4 is 37.6 Å². The van der Waals surface area contributed by atoms with E-state index in [-0.39, 0.29) is 0 Å². The summed E-state index contributed by atoms with van der Waals surface area (Å²) in [5.74, 6) is 4.59. The fourth-order valence-corrected chi connectivity index (χ4v) is 2.21. The normalized spacial score (nSPS) is 6.90. The Kier molecular flexibility index (Phi) is 5.74. The van der Waals surface area contributed by atoms with E-state index in [9.17, 15) is 14.4 Å². The fourth-order valence-electron chi connectivity index (χ4n) is 0.329. The monoisotopic (exact) mass is 243 g/mol. The van der Waals surface area contributed by atoms with Crippen LogP contribution in [0.4, 0.5) is 0 Å². The second kappa shape index (κ2) is 6.27. The van der Waals surface area contributed by atoms with E-state index in [1.165, 1.54) is 30.1 Å². The summed E-state index contributed by atoms with van der Waals surface area (Å²) in [6, 6.07) is 0. The standard InChI is InChI=1S/3C2HO.Sn/c3*1-2-3;/h3*1H;. The molecule has 0 aliphatic heterocycles. The molecule has 0 amide bonds. The zero-order valence-electron chi connectivity index (χ0n) is 4.96. The first kappa shape index (κ1) is 9.15. The van der Waals surface area contributed by atoms with Crippen LogP contribution in [-0.2, 0) is 14.4 Å². The Morgan fingerprint density at radius 3 is 1.30 bits per heavy atom. The molecule has 0 bridgehead atoms. The molecule has 0 aromatic carbocycles. The van der Waals surface area contributed by atoms with Crippen molar-refractivity contribution in [1.82, 2.24) is 0 Å². The second-order valence-corrected chi connectivity index (χ2v) is 6.61. The Bertz CT molecular complexity index is 197. The molecule has 4 heteroatoms. The second-order valence-electron chi connectivity index (χ2n) is 1.29. The van der Waals surface area contributed by atoms with Gasteiger partial charge in [-0.05, 0) is 0 Å². The minimum atomic E-state index is -2.40. The molecule has 0 heterocycles. The van der Waals surface area contributed by atoms with Gasteiger partial charge in [0.2, 0.25) is 0 Å². The molecule has 0 saturated carbocycles. The van der Waals surface area contributed by atoms with Crippen LogP contribution in [0.2, 0.25) is 0 Å². The van der Waals surface area contributed by atoms with Crippen LogP contribution >= 0.6 is 0 Å². The minimum absolute atomic E-state index is 1.22. The van der Waals surface area contributed by atoms with Crippen molar-refractivity contribution in [2.75, 3.05) is 0 Å². The van der Waals surface area contributed by atoms with E-state index in [1.54, 1.807) is 0 Å². The molecule has 0 unspecified atom stereocenters. The van der Waals surface area contributed by atoms with Crippen molar-refractivity contribution < 1.29 is 14.4 Å². The third-order valence-corrected chi connectivity index (χ3v) is 4.54. The Morgan fingerprint density at radius 2 is 1.10 bits per heavy atom. The summed E-state index contributed by atoms with van der Waals surface area (Å²) in [7, 11) is 0. The zero-order chi connectivity index (χ0) is 7.82. The van der Waals surface area contributed by atoms with Crippen LogP contribution in [0.25, 0.3) is 0 Å². The van der Waals surface area contributed by atoms with Gasteiger partial charge >= 0.3 is 64.2 Å². The Hall–Kier alpha value is -0.851. The van der Waals surface area contributed by atoms with Crippen LogP contribution in [0.5, 0.6) is 0 Å². The predicted molar refractivity (Wildman–Crippen MR) is 36.5 cm³/mol. The third kappa shape index (κ3) is 4.07. The van der Waals surface area contributed by atoms with Crippen LogP contribution in [0.1, 0.15) is 0 Å². The Morgan fingerprint density at radius 1 is 0.800 bits per heavy atom. The summed E-state index contributed by atoms with van der Waals surface area (Å²) in [6.07, 6.45) is 0. The Labute approximate surface area is 64.5 Å².